The number of carboxylic acids is 1. The lowest BCUT2D eigenvalue weighted by molar-refractivity contribution is 0.0702. The summed E-state index contributed by atoms with van der Waals surface area (Å²) in [4.78, 5) is 16.4. The first-order chi connectivity index (χ1) is 9.74. The topological polar surface area (TPSA) is 43.8 Å². The Bertz CT molecular complexity index is 460. The van der Waals surface area contributed by atoms with Crippen LogP contribution in [0.4, 0.5) is 5.00 Å². The van der Waals surface area contributed by atoms with Gasteiger partial charge in [-0.3, -0.25) is 0 Å². The molecule has 4 nitrogen and oxygen atoms in total. The average Bonchev–Trinajstić information content (AvgIpc) is 2.98. The van der Waals surface area contributed by atoms with E-state index in [0.717, 1.165) is 24.1 Å². The van der Waals surface area contributed by atoms with Crippen molar-refractivity contribution in [1.82, 2.24) is 4.90 Å². The second kappa shape index (κ2) is 6.14. The second-order valence-corrected chi connectivity index (χ2v) is 6.82. The molecule has 0 unspecified atom stereocenters. The van der Waals surface area contributed by atoms with Crippen molar-refractivity contribution in [2.75, 3.05) is 31.1 Å². The monoisotopic (exact) mass is 294 g/mol. The van der Waals surface area contributed by atoms with Crippen LogP contribution in [0.5, 0.6) is 0 Å². The fourth-order valence-corrected chi connectivity index (χ4v) is 4.24. The van der Waals surface area contributed by atoms with Crippen LogP contribution in [0.25, 0.3) is 0 Å². The molecular weight excluding hydrogens is 272 g/mol. The van der Waals surface area contributed by atoms with Gasteiger partial charge in [-0.25, -0.2) is 4.79 Å². The highest BCUT2D eigenvalue weighted by Crippen LogP contribution is 2.30. The number of hydrogen-bond acceptors (Lipinski definition) is 4. The van der Waals surface area contributed by atoms with Gasteiger partial charge in [0, 0.05) is 19.1 Å². The minimum atomic E-state index is -0.815. The van der Waals surface area contributed by atoms with Gasteiger partial charge >= 0.3 is 5.97 Å². The number of piperidine rings is 2. The number of anilines is 1. The highest BCUT2D eigenvalue weighted by atomic mass is 32.1. The molecule has 2 aliphatic heterocycles. The molecule has 1 aromatic heterocycles. The zero-order valence-corrected chi connectivity index (χ0v) is 12.6. The Morgan fingerprint density at radius 3 is 2.40 bits per heavy atom. The molecule has 5 heteroatoms. The smallest absolute Gasteiger partial charge is 0.345 e. The van der Waals surface area contributed by atoms with Gasteiger partial charge in [0.25, 0.3) is 0 Å². The predicted molar refractivity (Wildman–Crippen MR) is 81.9 cm³/mol. The Balaban J connectivity index is 1.56. The van der Waals surface area contributed by atoms with E-state index in [1.165, 1.54) is 56.5 Å². The van der Waals surface area contributed by atoms with Crippen molar-refractivity contribution in [3.05, 3.63) is 17.0 Å². The Kier molecular flexibility index (Phi) is 4.27. The molecule has 1 N–H and O–H groups in total. The van der Waals surface area contributed by atoms with E-state index in [4.69, 9.17) is 5.11 Å². The molecule has 0 amide bonds. The number of carboxylic acid groups (broad SMARTS) is 1. The Hall–Kier alpha value is -1.07. The van der Waals surface area contributed by atoms with E-state index in [1.54, 1.807) is 6.07 Å². The molecule has 3 heterocycles. The zero-order valence-electron chi connectivity index (χ0n) is 11.8. The summed E-state index contributed by atoms with van der Waals surface area (Å²) in [6.07, 6.45) is 6.52. The van der Waals surface area contributed by atoms with Gasteiger partial charge in [0.2, 0.25) is 0 Å². The molecule has 110 valence electrons. The van der Waals surface area contributed by atoms with Crippen molar-refractivity contribution in [2.45, 2.75) is 38.1 Å². The third-order valence-electron chi connectivity index (χ3n) is 4.49. The summed E-state index contributed by atoms with van der Waals surface area (Å²) in [5.74, 6) is -0.815. The molecule has 2 fully saturated rings. The van der Waals surface area contributed by atoms with Crippen molar-refractivity contribution in [1.29, 1.82) is 0 Å². The minimum Gasteiger partial charge on any atom is -0.477 e. The lowest BCUT2D eigenvalue weighted by Gasteiger charge is -2.40. The van der Waals surface area contributed by atoms with E-state index in [1.807, 2.05) is 6.07 Å². The van der Waals surface area contributed by atoms with E-state index >= 15 is 0 Å². The van der Waals surface area contributed by atoms with Gasteiger partial charge in [0.15, 0.2) is 0 Å². The van der Waals surface area contributed by atoms with Gasteiger partial charge in [-0.15, -0.1) is 11.3 Å². The van der Waals surface area contributed by atoms with Gasteiger partial charge in [-0.2, -0.15) is 0 Å². The SMILES string of the molecule is O=C(O)c1ccc(N2CCC(N3CCCCC3)CC2)s1. The molecule has 0 radical (unpaired) electrons. The Morgan fingerprint density at radius 1 is 1.10 bits per heavy atom. The van der Waals surface area contributed by atoms with Crippen LogP contribution < -0.4 is 4.90 Å². The maximum absolute atomic E-state index is 10.9. The number of nitrogens with zero attached hydrogens (tertiary/aromatic N) is 2. The highest BCUT2D eigenvalue weighted by molar-refractivity contribution is 7.17. The molecule has 0 spiro atoms. The Labute approximate surface area is 124 Å². The summed E-state index contributed by atoms with van der Waals surface area (Å²) in [5.41, 5.74) is 0. The molecular formula is C15H22N2O2S. The summed E-state index contributed by atoms with van der Waals surface area (Å²) in [5, 5.41) is 10.1. The van der Waals surface area contributed by atoms with Crippen LogP contribution in [-0.4, -0.2) is 48.2 Å². The molecule has 20 heavy (non-hydrogen) atoms. The molecule has 1 aromatic rings. The summed E-state index contributed by atoms with van der Waals surface area (Å²) in [6.45, 7) is 4.65. The molecule has 2 aliphatic rings. The van der Waals surface area contributed by atoms with Crippen molar-refractivity contribution in [2.24, 2.45) is 0 Å². The van der Waals surface area contributed by atoms with Crippen molar-refractivity contribution < 1.29 is 9.90 Å². The van der Waals surface area contributed by atoms with Gasteiger partial charge in [0.05, 0.1) is 5.00 Å². The number of carbonyl (C=O) groups is 1. The van der Waals surface area contributed by atoms with Crippen molar-refractivity contribution in [3.8, 4) is 0 Å². The van der Waals surface area contributed by atoms with E-state index in [9.17, 15) is 4.79 Å². The van der Waals surface area contributed by atoms with E-state index in [-0.39, 0.29) is 0 Å². The first kappa shape index (κ1) is 13.9. The largest absolute Gasteiger partial charge is 0.477 e. The number of thiophene rings is 1. The molecule has 0 saturated carbocycles. The lowest BCUT2D eigenvalue weighted by Crippen LogP contribution is -2.46. The second-order valence-electron chi connectivity index (χ2n) is 5.76. The summed E-state index contributed by atoms with van der Waals surface area (Å²) in [6, 6.07) is 4.42. The maximum atomic E-state index is 10.9. The van der Waals surface area contributed by atoms with Gasteiger partial charge < -0.3 is 14.9 Å². The highest BCUT2D eigenvalue weighted by Gasteiger charge is 2.26. The van der Waals surface area contributed by atoms with E-state index in [2.05, 4.69) is 9.80 Å². The number of likely N-dealkylation sites (tertiary alicyclic amines) is 1. The standard InChI is InChI=1S/C15H22N2O2S/c18-15(19)13-4-5-14(20-13)17-10-6-12(7-11-17)16-8-2-1-3-9-16/h4-5,12H,1-3,6-11H2,(H,18,19). The Morgan fingerprint density at radius 2 is 1.80 bits per heavy atom. The number of hydrogen-bond donors (Lipinski definition) is 1. The first-order valence-corrected chi connectivity index (χ1v) is 8.38. The van der Waals surface area contributed by atoms with Crippen LogP contribution in [-0.2, 0) is 0 Å². The first-order valence-electron chi connectivity index (χ1n) is 7.56. The lowest BCUT2D eigenvalue weighted by atomic mass is 10.00. The van der Waals surface area contributed by atoms with Gasteiger partial charge in [0.1, 0.15) is 4.88 Å². The van der Waals surface area contributed by atoms with Crippen LogP contribution >= 0.6 is 11.3 Å². The maximum Gasteiger partial charge on any atom is 0.345 e. The van der Waals surface area contributed by atoms with Crippen LogP contribution in [0.2, 0.25) is 0 Å². The van der Waals surface area contributed by atoms with E-state index < -0.39 is 5.97 Å². The fourth-order valence-electron chi connectivity index (χ4n) is 3.35. The molecule has 0 bridgehead atoms. The van der Waals surface area contributed by atoms with Gasteiger partial charge in [-0.1, -0.05) is 6.42 Å². The summed E-state index contributed by atoms with van der Waals surface area (Å²) < 4.78 is 0. The molecule has 3 rings (SSSR count). The van der Waals surface area contributed by atoms with Crippen LogP contribution in [0.15, 0.2) is 12.1 Å². The van der Waals surface area contributed by atoms with Gasteiger partial charge in [-0.05, 0) is 50.9 Å². The third kappa shape index (κ3) is 2.99. The fraction of sp³-hybridized carbons (Fsp3) is 0.667. The summed E-state index contributed by atoms with van der Waals surface area (Å²) in [7, 11) is 0. The molecule has 2 saturated heterocycles. The molecule has 0 atom stereocenters. The van der Waals surface area contributed by atoms with Crippen molar-refractivity contribution in [3.63, 3.8) is 0 Å². The van der Waals surface area contributed by atoms with Crippen molar-refractivity contribution >= 4 is 22.3 Å². The zero-order chi connectivity index (χ0) is 13.9. The quantitative estimate of drug-likeness (QED) is 0.931. The van der Waals surface area contributed by atoms with E-state index in [0.29, 0.717) is 4.88 Å². The number of rotatable bonds is 3. The van der Waals surface area contributed by atoms with Crippen LogP contribution in [0, 0.1) is 0 Å². The summed E-state index contributed by atoms with van der Waals surface area (Å²) >= 11 is 1.40. The van der Waals surface area contributed by atoms with Crippen LogP contribution in [0.1, 0.15) is 41.8 Å². The van der Waals surface area contributed by atoms with Crippen LogP contribution in [0.3, 0.4) is 0 Å². The predicted octanol–water partition coefficient (Wildman–Crippen LogP) is 2.90. The minimum absolute atomic E-state index is 0.443. The third-order valence-corrected chi connectivity index (χ3v) is 5.62. The average molecular weight is 294 g/mol. The molecule has 0 aromatic carbocycles. The normalized spacial score (nSPS) is 22.1. The number of aromatic carboxylic acids is 1. The molecule has 0 aliphatic carbocycles.